The number of likely N-dealkylation sites (N-methyl/N-ethyl adjacent to an activating group) is 1. The Balaban J connectivity index is 2.68. The molecule has 0 aliphatic heterocycles. The maximum absolute atomic E-state index is 12.5. The van der Waals surface area contributed by atoms with E-state index in [1.54, 1.807) is 25.8 Å². The molecule has 0 aromatic heterocycles. The van der Waals surface area contributed by atoms with Crippen molar-refractivity contribution in [3.05, 3.63) is 47.2 Å². The molecule has 0 spiro atoms. The fraction of sp³-hybridized carbons (Fsp3) is 0.500. The average Bonchev–Trinajstić information content (AvgIpc) is 2.55. The lowest BCUT2D eigenvalue weighted by molar-refractivity contribution is -0.117. The topological polar surface area (TPSA) is 58.6 Å². The molecule has 0 aliphatic carbocycles. The Morgan fingerprint density at radius 2 is 1.96 bits per heavy atom. The van der Waals surface area contributed by atoms with Gasteiger partial charge in [-0.15, -0.1) is 0 Å². The number of hydrogen-bond donors (Lipinski definition) is 1. The van der Waals surface area contributed by atoms with Crippen LogP contribution in [0.1, 0.15) is 43.4 Å². The van der Waals surface area contributed by atoms with Crippen LogP contribution in [-0.2, 0) is 16.1 Å². The Morgan fingerprint density at radius 1 is 1.28 bits per heavy atom. The van der Waals surface area contributed by atoms with Gasteiger partial charge in [-0.2, -0.15) is 0 Å². The molecule has 2 amide bonds. The highest BCUT2D eigenvalue weighted by Gasteiger charge is 2.21. The van der Waals surface area contributed by atoms with Gasteiger partial charge in [0.05, 0.1) is 11.8 Å². The van der Waals surface area contributed by atoms with Crippen molar-refractivity contribution in [2.75, 3.05) is 13.7 Å². The molecule has 0 saturated heterocycles. The molecule has 0 bridgehead atoms. The molecule has 0 fully saturated rings. The van der Waals surface area contributed by atoms with Gasteiger partial charge in [0.1, 0.15) is 12.4 Å². The summed E-state index contributed by atoms with van der Waals surface area (Å²) in [5.41, 5.74) is 3.48. The Labute approximate surface area is 151 Å². The zero-order chi connectivity index (χ0) is 19.0. The van der Waals surface area contributed by atoms with E-state index in [0.717, 1.165) is 5.56 Å². The van der Waals surface area contributed by atoms with Crippen molar-refractivity contribution in [1.82, 2.24) is 10.2 Å². The smallest absolute Gasteiger partial charge is 0.317 e. The number of hydrogen-bond acceptors (Lipinski definition) is 3. The van der Waals surface area contributed by atoms with Crippen molar-refractivity contribution < 1.29 is 14.3 Å². The highest BCUT2D eigenvalue weighted by atomic mass is 16.5. The molecule has 138 valence electrons. The second-order valence-electron chi connectivity index (χ2n) is 6.54. The van der Waals surface area contributed by atoms with Crippen LogP contribution in [0, 0.1) is 13.8 Å². The molecule has 5 nitrogen and oxygen atoms in total. The van der Waals surface area contributed by atoms with E-state index < -0.39 is 0 Å². The predicted molar refractivity (Wildman–Crippen MR) is 100 cm³/mol. The number of benzene rings is 1. The number of nitrogens with one attached hydrogen (secondary N) is 1. The Bertz CT molecular complexity index is 607. The summed E-state index contributed by atoms with van der Waals surface area (Å²) in [6.45, 7) is 11.9. The van der Waals surface area contributed by atoms with E-state index >= 15 is 0 Å². The summed E-state index contributed by atoms with van der Waals surface area (Å²) in [5, 5.41) is 2.95. The van der Waals surface area contributed by atoms with Crippen molar-refractivity contribution in [3.8, 4) is 0 Å². The van der Waals surface area contributed by atoms with Crippen LogP contribution in [0.25, 0.3) is 0 Å². The number of amides is 2. The Hall–Kier alpha value is -2.30. The summed E-state index contributed by atoms with van der Waals surface area (Å²) >= 11 is 0. The fourth-order valence-corrected chi connectivity index (χ4v) is 2.46. The lowest BCUT2D eigenvalue weighted by atomic mass is 10.0. The lowest BCUT2D eigenvalue weighted by Crippen LogP contribution is -2.45. The van der Waals surface area contributed by atoms with Gasteiger partial charge in [0.15, 0.2) is 0 Å². The molecule has 1 N–H and O–H groups in total. The standard InChI is InChI=1S/C20H30N2O3/c1-14(2)25-13-19(11-10-16(4)23)22(6)20(24)21-12-18-9-7-8-15(3)17(18)5/h7-9,19H,1,10-13H2,2-6H3,(H,21,24). The molecule has 0 saturated carbocycles. The minimum atomic E-state index is -0.181. The number of rotatable bonds is 9. The third-order valence-electron chi connectivity index (χ3n) is 4.37. The van der Waals surface area contributed by atoms with Crippen molar-refractivity contribution in [1.29, 1.82) is 0 Å². The van der Waals surface area contributed by atoms with Crippen molar-refractivity contribution in [2.45, 2.75) is 53.1 Å². The molecule has 0 radical (unpaired) electrons. The summed E-state index contributed by atoms with van der Waals surface area (Å²) < 4.78 is 5.48. The van der Waals surface area contributed by atoms with Gasteiger partial charge in [0, 0.05) is 20.0 Å². The summed E-state index contributed by atoms with van der Waals surface area (Å²) in [4.78, 5) is 25.4. The van der Waals surface area contributed by atoms with E-state index in [0.29, 0.717) is 31.8 Å². The van der Waals surface area contributed by atoms with E-state index in [-0.39, 0.29) is 17.9 Å². The first kappa shape index (κ1) is 20.7. The average molecular weight is 346 g/mol. The Morgan fingerprint density at radius 3 is 2.56 bits per heavy atom. The second-order valence-corrected chi connectivity index (χ2v) is 6.54. The van der Waals surface area contributed by atoms with Crippen LogP contribution in [0.2, 0.25) is 0 Å². The van der Waals surface area contributed by atoms with Crippen LogP contribution < -0.4 is 5.32 Å². The minimum absolute atomic E-state index is 0.101. The van der Waals surface area contributed by atoms with Crippen LogP contribution in [-0.4, -0.2) is 36.4 Å². The van der Waals surface area contributed by atoms with E-state index in [2.05, 4.69) is 31.8 Å². The summed E-state index contributed by atoms with van der Waals surface area (Å²) in [6.07, 6.45) is 0.981. The second kappa shape index (κ2) is 9.87. The summed E-state index contributed by atoms with van der Waals surface area (Å²) in [5.74, 6) is 0.696. The molecule has 5 heteroatoms. The van der Waals surface area contributed by atoms with E-state index in [1.807, 2.05) is 12.1 Å². The minimum Gasteiger partial charge on any atom is -0.497 e. The zero-order valence-corrected chi connectivity index (χ0v) is 16.0. The number of allylic oxidation sites excluding steroid dienone is 1. The molecular weight excluding hydrogens is 316 g/mol. The van der Waals surface area contributed by atoms with Gasteiger partial charge in [-0.1, -0.05) is 24.8 Å². The molecule has 0 aliphatic rings. The third-order valence-corrected chi connectivity index (χ3v) is 4.37. The maximum Gasteiger partial charge on any atom is 0.317 e. The monoisotopic (exact) mass is 346 g/mol. The van der Waals surface area contributed by atoms with Crippen LogP contribution >= 0.6 is 0 Å². The molecule has 1 aromatic carbocycles. The molecule has 1 unspecified atom stereocenters. The first-order valence-electron chi connectivity index (χ1n) is 8.55. The van der Waals surface area contributed by atoms with Gasteiger partial charge >= 0.3 is 6.03 Å². The van der Waals surface area contributed by atoms with Crippen LogP contribution in [0.15, 0.2) is 30.5 Å². The molecule has 0 heterocycles. The normalized spacial score (nSPS) is 11.6. The highest BCUT2D eigenvalue weighted by molar-refractivity contribution is 5.76. The number of carbonyl (C=O) groups excluding carboxylic acids is 2. The van der Waals surface area contributed by atoms with Gasteiger partial charge < -0.3 is 19.7 Å². The zero-order valence-electron chi connectivity index (χ0n) is 16.0. The lowest BCUT2D eigenvalue weighted by Gasteiger charge is -2.28. The molecule has 1 rings (SSSR count). The number of carbonyl (C=O) groups is 2. The summed E-state index contributed by atoms with van der Waals surface area (Å²) in [7, 11) is 1.73. The van der Waals surface area contributed by atoms with Crippen molar-refractivity contribution in [3.63, 3.8) is 0 Å². The van der Waals surface area contributed by atoms with Crippen LogP contribution in [0.5, 0.6) is 0 Å². The number of nitrogens with zero attached hydrogens (tertiary/aromatic N) is 1. The van der Waals surface area contributed by atoms with Crippen LogP contribution in [0.4, 0.5) is 4.79 Å². The fourth-order valence-electron chi connectivity index (χ4n) is 2.46. The van der Waals surface area contributed by atoms with Crippen molar-refractivity contribution in [2.24, 2.45) is 0 Å². The molecule has 1 atom stereocenters. The molecular formula is C20H30N2O3. The van der Waals surface area contributed by atoms with E-state index in [4.69, 9.17) is 4.74 Å². The van der Waals surface area contributed by atoms with Gasteiger partial charge in [-0.3, -0.25) is 0 Å². The molecule has 25 heavy (non-hydrogen) atoms. The van der Waals surface area contributed by atoms with Gasteiger partial charge in [-0.05, 0) is 50.8 Å². The highest BCUT2D eigenvalue weighted by Crippen LogP contribution is 2.13. The predicted octanol–water partition coefficient (Wildman–Crippen LogP) is 3.73. The number of ether oxygens (including phenoxy) is 1. The largest absolute Gasteiger partial charge is 0.497 e. The number of urea groups is 1. The number of aryl methyl sites for hydroxylation is 1. The first-order valence-corrected chi connectivity index (χ1v) is 8.55. The maximum atomic E-state index is 12.5. The summed E-state index contributed by atoms with van der Waals surface area (Å²) in [6, 6.07) is 5.70. The van der Waals surface area contributed by atoms with Gasteiger partial charge in [-0.25, -0.2) is 4.79 Å². The first-order chi connectivity index (χ1) is 11.7. The van der Waals surface area contributed by atoms with E-state index in [1.165, 1.54) is 11.1 Å². The van der Waals surface area contributed by atoms with Gasteiger partial charge in [0.2, 0.25) is 0 Å². The van der Waals surface area contributed by atoms with Gasteiger partial charge in [0.25, 0.3) is 0 Å². The number of Topliss-reactive ketones (excluding diaryl/α,β-unsaturated/α-hetero) is 1. The third kappa shape index (κ3) is 6.99. The van der Waals surface area contributed by atoms with Crippen LogP contribution in [0.3, 0.4) is 0 Å². The molecule has 1 aromatic rings. The number of ketones is 1. The Kier molecular flexibility index (Phi) is 8.19. The SMILES string of the molecule is C=C(C)OCC(CCC(C)=O)N(C)C(=O)NCc1cccc(C)c1C. The quantitative estimate of drug-likeness (QED) is 0.693. The van der Waals surface area contributed by atoms with Crippen molar-refractivity contribution >= 4 is 11.8 Å². The van der Waals surface area contributed by atoms with E-state index in [9.17, 15) is 9.59 Å².